The van der Waals surface area contributed by atoms with Crippen molar-refractivity contribution in [1.82, 2.24) is 5.32 Å². The van der Waals surface area contributed by atoms with Gasteiger partial charge in [0.05, 0.1) is 18.9 Å². The maximum absolute atomic E-state index is 13.5. The van der Waals surface area contributed by atoms with Crippen molar-refractivity contribution in [3.63, 3.8) is 0 Å². The molecule has 1 saturated heterocycles. The highest BCUT2D eigenvalue weighted by atomic mass is 32.1. The van der Waals surface area contributed by atoms with Crippen LogP contribution < -0.4 is 19.7 Å². The molecule has 1 N–H and O–H groups in total. The number of hydrogen-bond acceptors (Lipinski definition) is 5. The molecule has 0 bridgehead atoms. The largest absolute Gasteiger partial charge is 0.494 e. The number of anilines is 1. The standard InChI is InChI=1S/C26H24N2O4S/c1-4-31-19-12-8-17-9-13-23(32-5-2)21(20(17)14-19)15-22-24(29)27-26(33)28(25(22)30)18-10-6-16(3)7-11-18/h6-15H,4-5H2,1-3H3,(H,27,29,33)/b22-15+. The average molecular weight is 461 g/mol. The van der Waals surface area contributed by atoms with Gasteiger partial charge >= 0.3 is 0 Å². The lowest BCUT2D eigenvalue weighted by Crippen LogP contribution is -2.54. The van der Waals surface area contributed by atoms with Crippen LogP contribution in [0.2, 0.25) is 0 Å². The van der Waals surface area contributed by atoms with Gasteiger partial charge in [-0.2, -0.15) is 0 Å². The van der Waals surface area contributed by atoms with Crippen LogP contribution in [-0.4, -0.2) is 30.1 Å². The van der Waals surface area contributed by atoms with Crippen LogP contribution in [0.3, 0.4) is 0 Å². The molecule has 0 spiro atoms. The third-order valence-corrected chi connectivity index (χ3v) is 5.57. The summed E-state index contributed by atoms with van der Waals surface area (Å²) in [6.45, 7) is 6.72. The molecule has 1 aliphatic rings. The minimum atomic E-state index is -0.547. The summed E-state index contributed by atoms with van der Waals surface area (Å²) >= 11 is 5.31. The van der Waals surface area contributed by atoms with Gasteiger partial charge in [0, 0.05) is 5.56 Å². The Balaban J connectivity index is 1.87. The third kappa shape index (κ3) is 4.45. The molecule has 0 aromatic heterocycles. The third-order valence-electron chi connectivity index (χ3n) is 5.29. The molecule has 2 amide bonds. The fourth-order valence-electron chi connectivity index (χ4n) is 3.72. The first-order chi connectivity index (χ1) is 15.9. The molecule has 1 heterocycles. The lowest BCUT2D eigenvalue weighted by Gasteiger charge is -2.29. The van der Waals surface area contributed by atoms with Gasteiger partial charge in [0.25, 0.3) is 11.8 Å². The number of benzene rings is 3. The van der Waals surface area contributed by atoms with Gasteiger partial charge in [0.15, 0.2) is 5.11 Å². The highest BCUT2D eigenvalue weighted by Crippen LogP contribution is 2.34. The van der Waals surface area contributed by atoms with Gasteiger partial charge in [-0.1, -0.05) is 29.8 Å². The van der Waals surface area contributed by atoms with Gasteiger partial charge in [-0.25, -0.2) is 0 Å². The Kier molecular flexibility index (Phi) is 6.42. The number of amides is 2. The number of nitrogens with zero attached hydrogens (tertiary/aromatic N) is 1. The fourth-order valence-corrected chi connectivity index (χ4v) is 4.00. The zero-order valence-corrected chi connectivity index (χ0v) is 19.5. The number of nitrogens with one attached hydrogen (secondary N) is 1. The van der Waals surface area contributed by atoms with Crippen LogP contribution in [0.1, 0.15) is 25.0 Å². The minimum absolute atomic E-state index is 0.0283. The van der Waals surface area contributed by atoms with Gasteiger partial charge in [-0.05, 0) is 80.2 Å². The topological polar surface area (TPSA) is 67.9 Å². The van der Waals surface area contributed by atoms with E-state index in [9.17, 15) is 9.59 Å². The van der Waals surface area contributed by atoms with Gasteiger partial charge < -0.3 is 9.47 Å². The van der Waals surface area contributed by atoms with E-state index in [2.05, 4.69) is 5.32 Å². The Morgan fingerprint density at radius 1 is 0.970 bits per heavy atom. The Morgan fingerprint density at radius 3 is 2.36 bits per heavy atom. The van der Waals surface area contributed by atoms with Crippen molar-refractivity contribution in [3.05, 3.63) is 71.3 Å². The predicted octanol–water partition coefficient (Wildman–Crippen LogP) is 4.78. The number of thiocarbonyl (C=S) groups is 1. The summed E-state index contributed by atoms with van der Waals surface area (Å²) in [6.07, 6.45) is 1.57. The van der Waals surface area contributed by atoms with E-state index in [1.807, 2.05) is 63.2 Å². The highest BCUT2D eigenvalue weighted by Gasteiger charge is 2.34. The van der Waals surface area contributed by atoms with E-state index in [1.54, 1.807) is 18.2 Å². The molecule has 3 aromatic rings. The Hall–Kier alpha value is -3.71. The van der Waals surface area contributed by atoms with Crippen molar-refractivity contribution in [2.45, 2.75) is 20.8 Å². The van der Waals surface area contributed by atoms with E-state index in [4.69, 9.17) is 21.7 Å². The summed E-state index contributed by atoms with van der Waals surface area (Å²) in [5.74, 6) is 0.226. The molecule has 168 valence electrons. The first kappa shape index (κ1) is 22.5. The molecule has 6 nitrogen and oxygen atoms in total. The van der Waals surface area contributed by atoms with E-state index in [1.165, 1.54) is 4.90 Å². The summed E-state index contributed by atoms with van der Waals surface area (Å²) in [5, 5.41) is 4.44. The molecule has 0 aliphatic carbocycles. The number of rotatable bonds is 6. The Bertz CT molecular complexity index is 1280. The number of carbonyl (C=O) groups is 2. The number of ether oxygens (including phenoxy) is 2. The van der Waals surface area contributed by atoms with Crippen molar-refractivity contribution in [2.75, 3.05) is 18.1 Å². The van der Waals surface area contributed by atoms with Crippen LogP contribution in [-0.2, 0) is 9.59 Å². The molecule has 0 radical (unpaired) electrons. The SMILES string of the molecule is CCOc1ccc2ccc(OCC)c(/C=C3\C(=O)NC(=S)N(c4ccc(C)cc4)C3=O)c2c1. The van der Waals surface area contributed by atoms with Gasteiger partial charge in [0.1, 0.15) is 17.1 Å². The van der Waals surface area contributed by atoms with E-state index < -0.39 is 11.8 Å². The first-order valence-electron chi connectivity index (χ1n) is 10.7. The van der Waals surface area contributed by atoms with Gasteiger partial charge in [0.2, 0.25) is 0 Å². The molecule has 4 rings (SSSR count). The summed E-state index contributed by atoms with van der Waals surface area (Å²) in [4.78, 5) is 27.6. The Labute approximate surface area is 197 Å². The van der Waals surface area contributed by atoms with Crippen molar-refractivity contribution < 1.29 is 19.1 Å². The van der Waals surface area contributed by atoms with Crippen molar-refractivity contribution in [3.8, 4) is 11.5 Å². The van der Waals surface area contributed by atoms with Crippen LogP contribution >= 0.6 is 12.2 Å². The number of aryl methyl sites for hydroxylation is 1. The molecule has 0 unspecified atom stereocenters. The average Bonchev–Trinajstić information content (AvgIpc) is 2.79. The van der Waals surface area contributed by atoms with Crippen molar-refractivity contribution in [2.24, 2.45) is 0 Å². The van der Waals surface area contributed by atoms with Crippen LogP contribution in [0.4, 0.5) is 5.69 Å². The number of hydrogen-bond donors (Lipinski definition) is 1. The van der Waals surface area contributed by atoms with E-state index in [-0.39, 0.29) is 10.7 Å². The summed E-state index contributed by atoms with van der Waals surface area (Å²) < 4.78 is 11.5. The minimum Gasteiger partial charge on any atom is -0.494 e. The summed E-state index contributed by atoms with van der Waals surface area (Å²) in [6, 6.07) is 16.9. The number of fused-ring (bicyclic) bond motifs is 1. The quantitative estimate of drug-likeness (QED) is 0.326. The first-order valence-corrected chi connectivity index (χ1v) is 11.1. The molecule has 7 heteroatoms. The molecule has 33 heavy (non-hydrogen) atoms. The second-order valence-electron chi connectivity index (χ2n) is 7.52. The molecule has 1 fully saturated rings. The van der Waals surface area contributed by atoms with Crippen LogP contribution in [0.25, 0.3) is 16.8 Å². The number of carbonyl (C=O) groups excluding carboxylic acids is 2. The van der Waals surface area contributed by atoms with E-state index in [0.717, 1.165) is 16.3 Å². The monoisotopic (exact) mass is 460 g/mol. The normalized spacial score (nSPS) is 15.2. The molecule has 3 aromatic carbocycles. The predicted molar refractivity (Wildman–Crippen MR) is 134 cm³/mol. The van der Waals surface area contributed by atoms with Gasteiger partial charge in [-0.15, -0.1) is 0 Å². The molecule has 1 aliphatic heterocycles. The molecule has 0 atom stereocenters. The smallest absolute Gasteiger partial charge is 0.270 e. The van der Waals surface area contributed by atoms with Crippen LogP contribution in [0.15, 0.2) is 60.2 Å². The van der Waals surface area contributed by atoms with Gasteiger partial charge in [-0.3, -0.25) is 19.8 Å². The molecular formula is C26H24N2O4S. The fraction of sp³-hybridized carbons (Fsp3) is 0.192. The Morgan fingerprint density at radius 2 is 1.67 bits per heavy atom. The zero-order chi connectivity index (χ0) is 23.5. The highest BCUT2D eigenvalue weighted by molar-refractivity contribution is 7.80. The second-order valence-corrected chi connectivity index (χ2v) is 7.91. The van der Waals surface area contributed by atoms with Crippen molar-refractivity contribution in [1.29, 1.82) is 0 Å². The second kappa shape index (κ2) is 9.42. The zero-order valence-electron chi connectivity index (χ0n) is 18.7. The lowest BCUT2D eigenvalue weighted by molar-refractivity contribution is -0.122. The summed E-state index contributed by atoms with van der Waals surface area (Å²) in [7, 11) is 0. The lowest BCUT2D eigenvalue weighted by atomic mass is 9.99. The van der Waals surface area contributed by atoms with Crippen LogP contribution in [0, 0.1) is 6.92 Å². The van der Waals surface area contributed by atoms with E-state index >= 15 is 0 Å². The maximum atomic E-state index is 13.5. The molecule has 0 saturated carbocycles. The molecular weight excluding hydrogens is 436 g/mol. The maximum Gasteiger partial charge on any atom is 0.270 e. The van der Waals surface area contributed by atoms with E-state index in [0.29, 0.717) is 36.0 Å². The van der Waals surface area contributed by atoms with Crippen LogP contribution in [0.5, 0.6) is 11.5 Å². The summed E-state index contributed by atoms with van der Waals surface area (Å²) in [5.41, 5.74) is 2.24. The van der Waals surface area contributed by atoms with Crippen molar-refractivity contribution >= 4 is 51.7 Å².